The van der Waals surface area contributed by atoms with Crippen molar-refractivity contribution in [3.63, 3.8) is 0 Å². The second-order valence-corrected chi connectivity index (χ2v) is 5.13. The summed E-state index contributed by atoms with van der Waals surface area (Å²) in [5.41, 5.74) is 0.221. The summed E-state index contributed by atoms with van der Waals surface area (Å²) in [6, 6.07) is 1.48. The average molecular weight is 281 g/mol. The molecule has 7 heteroatoms. The number of aliphatic hydroxyl groups is 1. The quantitative estimate of drug-likeness (QED) is 0.586. The molecule has 2 rings (SSSR count). The van der Waals surface area contributed by atoms with Gasteiger partial charge in [0.05, 0.1) is 17.2 Å². The molecule has 1 saturated carbocycles. The van der Waals surface area contributed by atoms with Gasteiger partial charge in [-0.25, -0.2) is 0 Å². The van der Waals surface area contributed by atoms with E-state index < -0.39 is 11.0 Å². The first-order chi connectivity index (χ1) is 9.52. The van der Waals surface area contributed by atoms with Crippen LogP contribution in [0.3, 0.4) is 0 Å². The number of hydrogen-bond donors (Lipinski definition) is 2. The van der Waals surface area contributed by atoms with E-state index in [9.17, 15) is 20.0 Å². The Morgan fingerprint density at radius 2 is 2.35 bits per heavy atom. The Morgan fingerprint density at radius 1 is 1.65 bits per heavy atom. The third-order valence-electron chi connectivity index (χ3n) is 3.34. The highest BCUT2D eigenvalue weighted by molar-refractivity contribution is 5.93. The van der Waals surface area contributed by atoms with E-state index in [0.717, 1.165) is 19.3 Å². The summed E-state index contributed by atoms with van der Waals surface area (Å²) < 4.78 is 1.67. The molecule has 2 N–H and O–H groups in total. The van der Waals surface area contributed by atoms with Crippen molar-refractivity contribution in [2.45, 2.75) is 44.8 Å². The molecule has 1 aliphatic rings. The molecule has 0 bridgehead atoms. The lowest BCUT2D eigenvalue weighted by molar-refractivity contribution is -0.384. The van der Waals surface area contributed by atoms with E-state index in [4.69, 9.17) is 0 Å². The van der Waals surface area contributed by atoms with Crippen molar-refractivity contribution in [2.24, 2.45) is 0 Å². The lowest BCUT2D eigenvalue weighted by Crippen LogP contribution is -2.33. The highest BCUT2D eigenvalue weighted by atomic mass is 16.6. The molecule has 20 heavy (non-hydrogen) atoms. The Kier molecular flexibility index (Phi) is 4.39. The Balaban J connectivity index is 2.06. The van der Waals surface area contributed by atoms with Crippen LogP contribution in [0.25, 0.3) is 0 Å². The normalized spacial score (nSPS) is 15.9. The summed E-state index contributed by atoms with van der Waals surface area (Å²) in [6.45, 7) is 2.11. The summed E-state index contributed by atoms with van der Waals surface area (Å²) in [5, 5.41) is 23.0. The fraction of sp³-hybridized carbons (Fsp3) is 0.615. The lowest BCUT2D eigenvalue weighted by Gasteiger charge is -2.11. The van der Waals surface area contributed by atoms with Crippen LogP contribution in [0.2, 0.25) is 0 Å². The summed E-state index contributed by atoms with van der Waals surface area (Å²) in [5.74, 6) is -0.375. The van der Waals surface area contributed by atoms with Crippen LogP contribution >= 0.6 is 0 Å². The fourth-order valence-electron chi connectivity index (χ4n) is 2.14. The maximum atomic E-state index is 12.1. The molecule has 1 atom stereocenters. The van der Waals surface area contributed by atoms with Crippen molar-refractivity contribution in [3.05, 3.63) is 28.1 Å². The van der Waals surface area contributed by atoms with Gasteiger partial charge in [-0.15, -0.1) is 0 Å². The minimum atomic E-state index is -0.580. The Morgan fingerprint density at radius 3 is 2.90 bits per heavy atom. The maximum Gasteiger partial charge on any atom is 0.287 e. The average Bonchev–Trinajstić information content (AvgIpc) is 3.14. The van der Waals surface area contributed by atoms with Gasteiger partial charge in [-0.05, 0) is 19.3 Å². The SMILES string of the molecule is CCCC(O)CNC(=O)c1cc([N+](=O)[O-])cn1C1CC1. The molecule has 0 aliphatic heterocycles. The van der Waals surface area contributed by atoms with Crippen LogP contribution in [0.15, 0.2) is 12.3 Å². The zero-order valence-corrected chi connectivity index (χ0v) is 11.4. The molecule has 0 saturated heterocycles. The first-order valence-corrected chi connectivity index (χ1v) is 6.85. The molecule has 7 nitrogen and oxygen atoms in total. The van der Waals surface area contributed by atoms with Gasteiger partial charge in [0.2, 0.25) is 0 Å². The number of hydrogen-bond acceptors (Lipinski definition) is 4. The zero-order valence-electron chi connectivity index (χ0n) is 11.4. The van der Waals surface area contributed by atoms with Gasteiger partial charge in [-0.1, -0.05) is 13.3 Å². The van der Waals surface area contributed by atoms with Crippen molar-refractivity contribution in [1.82, 2.24) is 9.88 Å². The van der Waals surface area contributed by atoms with E-state index in [2.05, 4.69) is 5.32 Å². The molecular formula is C13H19N3O4. The molecule has 1 heterocycles. The van der Waals surface area contributed by atoms with E-state index in [1.165, 1.54) is 12.3 Å². The number of carbonyl (C=O) groups is 1. The Labute approximate surface area is 116 Å². The van der Waals surface area contributed by atoms with E-state index in [-0.39, 0.29) is 24.2 Å². The molecule has 1 fully saturated rings. The van der Waals surface area contributed by atoms with Crippen LogP contribution in [0.5, 0.6) is 0 Å². The van der Waals surface area contributed by atoms with Crippen LogP contribution in [-0.4, -0.2) is 33.2 Å². The van der Waals surface area contributed by atoms with Gasteiger partial charge in [-0.2, -0.15) is 0 Å². The number of amides is 1. The summed E-state index contributed by atoms with van der Waals surface area (Å²) in [6.07, 6.45) is 4.15. The first-order valence-electron chi connectivity index (χ1n) is 6.85. The topological polar surface area (TPSA) is 97.4 Å². The predicted octanol–water partition coefficient (Wildman–Crippen LogP) is 1.62. The molecule has 1 aromatic rings. The summed E-state index contributed by atoms with van der Waals surface area (Å²) >= 11 is 0. The molecule has 1 aromatic heterocycles. The minimum Gasteiger partial charge on any atom is -0.391 e. The number of aromatic nitrogens is 1. The van der Waals surface area contributed by atoms with E-state index >= 15 is 0 Å². The van der Waals surface area contributed by atoms with Crippen LogP contribution in [-0.2, 0) is 0 Å². The molecule has 0 aromatic carbocycles. The number of nitro groups is 1. The zero-order chi connectivity index (χ0) is 14.7. The highest BCUT2D eigenvalue weighted by Gasteiger charge is 2.30. The number of carbonyl (C=O) groups excluding carboxylic acids is 1. The Bertz CT molecular complexity index is 508. The molecule has 0 radical (unpaired) electrons. The Hall–Kier alpha value is -1.89. The van der Waals surface area contributed by atoms with E-state index in [1.54, 1.807) is 4.57 Å². The summed E-state index contributed by atoms with van der Waals surface area (Å²) in [7, 11) is 0. The van der Waals surface area contributed by atoms with Crippen molar-refractivity contribution in [2.75, 3.05) is 6.54 Å². The molecule has 0 spiro atoms. The second kappa shape index (κ2) is 6.04. The first kappa shape index (κ1) is 14.5. The standard InChI is InChI=1S/C13H19N3O4/c1-2-3-11(17)7-14-13(18)12-6-10(16(19)20)8-15(12)9-4-5-9/h6,8-9,11,17H,2-5,7H2,1H3,(H,14,18). The fourth-order valence-corrected chi connectivity index (χ4v) is 2.14. The van der Waals surface area contributed by atoms with Crippen LogP contribution in [0.4, 0.5) is 5.69 Å². The molecule has 1 unspecified atom stereocenters. The van der Waals surface area contributed by atoms with E-state index in [1.807, 2.05) is 6.92 Å². The van der Waals surface area contributed by atoms with Crippen LogP contribution in [0, 0.1) is 10.1 Å². The van der Waals surface area contributed by atoms with E-state index in [0.29, 0.717) is 12.1 Å². The number of nitrogens with one attached hydrogen (secondary N) is 1. The highest BCUT2D eigenvalue weighted by Crippen LogP contribution is 2.37. The number of aliphatic hydroxyl groups excluding tert-OH is 1. The van der Waals surface area contributed by atoms with Crippen molar-refractivity contribution >= 4 is 11.6 Å². The van der Waals surface area contributed by atoms with Crippen LogP contribution in [0.1, 0.15) is 49.1 Å². The second-order valence-electron chi connectivity index (χ2n) is 5.13. The van der Waals surface area contributed by atoms with Gasteiger partial charge < -0.3 is 15.0 Å². The van der Waals surface area contributed by atoms with Gasteiger partial charge >= 0.3 is 0 Å². The maximum absolute atomic E-state index is 12.1. The van der Waals surface area contributed by atoms with Gasteiger partial charge in [0.15, 0.2) is 0 Å². The van der Waals surface area contributed by atoms with Crippen LogP contribution < -0.4 is 5.32 Å². The molecule has 110 valence electrons. The monoisotopic (exact) mass is 281 g/mol. The summed E-state index contributed by atoms with van der Waals surface area (Å²) in [4.78, 5) is 22.4. The lowest BCUT2D eigenvalue weighted by atomic mass is 10.2. The van der Waals surface area contributed by atoms with Gasteiger partial charge in [0.1, 0.15) is 5.69 Å². The van der Waals surface area contributed by atoms with Crippen molar-refractivity contribution in [3.8, 4) is 0 Å². The van der Waals surface area contributed by atoms with Gasteiger partial charge in [0, 0.05) is 18.7 Å². The number of rotatable bonds is 7. The van der Waals surface area contributed by atoms with Crippen molar-refractivity contribution in [1.29, 1.82) is 0 Å². The largest absolute Gasteiger partial charge is 0.391 e. The van der Waals surface area contributed by atoms with Gasteiger partial charge in [0.25, 0.3) is 11.6 Å². The predicted molar refractivity (Wildman–Crippen MR) is 72.6 cm³/mol. The third kappa shape index (κ3) is 3.36. The smallest absolute Gasteiger partial charge is 0.287 e. The third-order valence-corrected chi connectivity index (χ3v) is 3.34. The molecule has 1 amide bonds. The number of nitrogens with zero attached hydrogens (tertiary/aromatic N) is 2. The molecular weight excluding hydrogens is 262 g/mol. The van der Waals surface area contributed by atoms with Crippen molar-refractivity contribution < 1.29 is 14.8 Å². The van der Waals surface area contributed by atoms with Gasteiger partial charge in [-0.3, -0.25) is 14.9 Å². The molecule has 1 aliphatic carbocycles. The minimum absolute atomic E-state index is 0.0730.